The summed E-state index contributed by atoms with van der Waals surface area (Å²) in [5, 5.41) is 8.40. The number of carbonyl (C=O) groups is 1. The minimum atomic E-state index is -0.936. The monoisotopic (exact) mass is 228 g/mol. The van der Waals surface area contributed by atoms with E-state index in [0.29, 0.717) is 0 Å². The molecular weight excluding hydrogens is 212 g/mol. The molecule has 0 radical (unpaired) electrons. The number of carboxylic acid groups (broad SMARTS) is 1. The molecule has 0 aliphatic rings. The van der Waals surface area contributed by atoms with Gasteiger partial charge < -0.3 is 5.11 Å². The summed E-state index contributed by atoms with van der Waals surface area (Å²) in [6.45, 7) is 4.11. The van der Waals surface area contributed by atoms with Gasteiger partial charge in [0.1, 0.15) is 0 Å². The smallest absolute Gasteiger partial charge is 0.328 e. The van der Waals surface area contributed by atoms with Gasteiger partial charge in [0.25, 0.3) is 0 Å². The van der Waals surface area contributed by atoms with Crippen LogP contribution in [0, 0.1) is 6.92 Å². The molecule has 0 unspecified atom stereocenters. The summed E-state index contributed by atoms with van der Waals surface area (Å²) >= 11 is 0. The molecule has 0 aliphatic heterocycles. The van der Waals surface area contributed by atoms with Crippen LogP contribution >= 0.6 is 0 Å². The van der Waals surface area contributed by atoms with Crippen molar-refractivity contribution in [1.82, 2.24) is 0 Å². The Morgan fingerprint density at radius 1 is 1.18 bits per heavy atom. The molecule has 0 aliphatic carbocycles. The van der Waals surface area contributed by atoms with Gasteiger partial charge in [0.15, 0.2) is 0 Å². The van der Waals surface area contributed by atoms with Crippen LogP contribution in [0.5, 0.6) is 0 Å². The van der Waals surface area contributed by atoms with Crippen LogP contribution in [0.3, 0.4) is 0 Å². The molecule has 0 amide bonds. The number of benzene rings is 1. The van der Waals surface area contributed by atoms with E-state index >= 15 is 0 Å². The molecule has 17 heavy (non-hydrogen) atoms. The molecular formula is C15H16O2. The van der Waals surface area contributed by atoms with Crippen molar-refractivity contribution < 1.29 is 9.90 Å². The Labute approximate surface area is 102 Å². The van der Waals surface area contributed by atoms with Crippen LogP contribution < -0.4 is 0 Å². The van der Waals surface area contributed by atoms with Crippen LogP contribution in [-0.4, -0.2) is 11.1 Å². The van der Waals surface area contributed by atoms with Crippen molar-refractivity contribution in [2.45, 2.75) is 13.8 Å². The molecule has 0 bridgehead atoms. The molecule has 0 saturated carbocycles. The number of aryl methyl sites for hydroxylation is 1. The van der Waals surface area contributed by atoms with Gasteiger partial charge >= 0.3 is 5.97 Å². The van der Waals surface area contributed by atoms with Crippen LogP contribution in [0.4, 0.5) is 0 Å². The van der Waals surface area contributed by atoms with Crippen LogP contribution in [0.15, 0.2) is 54.6 Å². The topological polar surface area (TPSA) is 37.3 Å². The Morgan fingerprint density at radius 2 is 1.88 bits per heavy atom. The largest absolute Gasteiger partial charge is 0.478 e. The van der Waals surface area contributed by atoms with E-state index in [0.717, 1.165) is 11.6 Å². The van der Waals surface area contributed by atoms with Crippen molar-refractivity contribution in [1.29, 1.82) is 0 Å². The maximum atomic E-state index is 10.2. The van der Waals surface area contributed by atoms with Crippen molar-refractivity contribution in [2.24, 2.45) is 0 Å². The van der Waals surface area contributed by atoms with Crippen LogP contribution in [0.2, 0.25) is 0 Å². The van der Waals surface area contributed by atoms with E-state index in [2.05, 4.69) is 19.1 Å². The normalized spacial score (nSPS) is 12.5. The second-order valence-corrected chi connectivity index (χ2v) is 3.75. The summed E-state index contributed by atoms with van der Waals surface area (Å²) in [4.78, 5) is 10.2. The lowest BCUT2D eigenvalue weighted by Gasteiger charge is -2.04. The lowest BCUT2D eigenvalue weighted by atomic mass is 10.0. The van der Waals surface area contributed by atoms with Crippen LogP contribution in [0.1, 0.15) is 18.1 Å². The number of carboxylic acids is 1. The van der Waals surface area contributed by atoms with Gasteiger partial charge in [-0.2, -0.15) is 0 Å². The standard InChI is InChI=1S/C15H16O2/c1-12(8-4-3-5-11-15(16)17)14-10-7-6-9-13(14)2/h3-11H,1-2H3,(H,16,17)/b4-3+,11-5+,12-8?. The fourth-order valence-corrected chi connectivity index (χ4v) is 1.51. The zero-order valence-corrected chi connectivity index (χ0v) is 10.1. The Hall–Kier alpha value is -2.09. The molecule has 2 heteroatoms. The van der Waals surface area contributed by atoms with Gasteiger partial charge in [0.2, 0.25) is 0 Å². The second-order valence-electron chi connectivity index (χ2n) is 3.75. The number of rotatable bonds is 4. The predicted octanol–water partition coefficient (Wildman–Crippen LogP) is 3.60. The molecule has 2 nitrogen and oxygen atoms in total. The highest BCUT2D eigenvalue weighted by atomic mass is 16.4. The Bertz CT molecular complexity index is 479. The summed E-state index contributed by atoms with van der Waals surface area (Å²) in [5.41, 5.74) is 3.60. The van der Waals surface area contributed by atoms with Crippen molar-refractivity contribution in [3.05, 3.63) is 65.8 Å². The highest BCUT2D eigenvalue weighted by molar-refractivity contribution is 5.80. The summed E-state index contributed by atoms with van der Waals surface area (Å²) in [6.07, 6.45) is 8.11. The van der Waals surface area contributed by atoms with E-state index < -0.39 is 5.97 Å². The first-order valence-electron chi connectivity index (χ1n) is 5.42. The summed E-state index contributed by atoms with van der Waals surface area (Å²) in [7, 11) is 0. The SMILES string of the molecule is CC(=C/C=C/C=C/C(=O)O)c1ccccc1C. The van der Waals surface area contributed by atoms with Crippen LogP contribution in [0.25, 0.3) is 5.57 Å². The van der Waals surface area contributed by atoms with Gasteiger partial charge in [-0.15, -0.1) is 0 Å². The van der Waals surface area contributed by atoms with Gasteiger partial charge in [-0.1, -0.05) is 48.6 Å². The number of hydrogen-bond acceptors (Lipinski definition) is 1. The molecule has 0 heterocycles. The fraction of sp³-hybridized carbons (Fsp3) is 0.133. The highest BCUT2D eigenvalue weighted by Gasteiger charge is 1.96. The van der Waals surface area contributed by atoms with E-state index in [9.17, 15) is 4.79 Å². The molecule has 0 spiro atoms. The van der Waals surface area contributed by atoms with Crippen molar-refractivity contribution in [2.75, 3.05) is 0 Å². The quantitative estimate of drug-likeness (QED) is 0.631. The Morgan fingerprint density at radius 3 is 2.53 bits per heavy atom. The molecule has 88 valence electrons. The van der Waals surface area contributed by atoms with Crippen molar-refractivity contribution in [3.63, 3.8) is 0 Å². The number of allylic oxidation sites excluding steroid dienone is 5. The van der Waals surface area contributed by atoms with E-state index in [1.807, 2.05) is 31.2 Å². The van der Waals surface area contributed by atoms with Crippen LogP contribution in [-0.2, 0) is 4.79 Å². The number of hydrogen-bond donors (Lipinski definition) is 1. The molecule has 0 fully saturated rings. The first-order valence-corrected chi connectivity index (χ1v) is 5.42. The van der Waals surface area contributed by atoms with Gasteiger partial charge in [0.05, 0.1) is 0 Å². The van der Waals surface area contributed by atoms with E-state index in [1.165, 1.54) is 17.2 Å². The van der Waals surface area contributed by atoms with Gasteiger partial charge in [-0.05, 0) is 30.5 Å². The van der Waals surface area contributed by atoms with Crippen molar-refractivity contribution in [3.8, 4) is 0 Å². The molecule has 1 aromatic carbocycles. The molecule has 1 N–H and O–H groups in total. The second kappa shape index (κ2) is 6.48. The third-order valence-electron chi connectivity index (χ3n) is 2.38. The molecule has 0 saturated heterocycles. The third-order valence-corrected chi connectivity index (χ3v) is 2.38. The molecule has 0 aromatic heterocycles. The van der Waals surface area contributed by atoms with E-state index in [-0.39, 0.29) is 0 Å². The first-order chi connectivity index (χ1) is 8.11. The molecule has 1 rings (SSSR count). The average Bonchev–Trinajstić information content (AvgIpc) is 2.28. The predicted molar refractivity (Wildman–Crippen MR) is 70.7 cm³/mol. The van der Waals surface area contributed by atoms with Crippen molar-refractivity contribution >= 4 is 11.5 Å². The molecule has 1 aromatic rings. The zero-order valence-electron chi connectivity index (χ0n) is 10.1. The Balaban J connectivity index is 2.74. The maximum absolute atomic E-state index is 10.2. The fourth-order valence-electron chi connectivity index (χ4n) is 1.51. The van der Waals surface area contributed by atoms with Gasteiger partial charge in [-0.3, -0.25) is 0 Å². The summed E-state index contributed by atoms with van der Waals surface area (Å²) < 4.78 is 0. The Kier molecular flexibility index (Phi) is 4.95. The molecule has 0 atom stereocenters. The highest BCUT2D eigenvalue weighted by Crippen LogP contribution is 2.17. The lowest BCUT2D eigenvalue weighted by Crippen LogP contribution is -1.84. The zero-order chi connectivity index (χ0) is 12.7. The average molecular weight is 228 g/mol. The summed E-state index contributed by atoms with van der Waals surface area (Å²) in [5.74, 6) is -0.936. The van der Waals surface area contributed by atoms with E-state index in [1.54, 1.807) is 6.08 Å². The van der Waals surface area contributed by atoms with E-state index in [4.69, 9.17) is 5.11 Å². The lowest BCUT2D eigenvalue weighted by molar-refractivity contribution is -0.131. The maximum Gasteiger partial charge on any atom is 0.328 e. The third kappa shape index (κ3) is 4.51. The van der Waals surface area contributed by atoms with Gasteiger partial charge in [0, 0.05) is 6.08 Å². The summed E-state index contributed by atoms with van der Waals surface area (Å²) in [6, 6.07) is 8.16. The minimum Gasteiger partial charge on any atom is -0.478 e. The minimum absolute atomic E-state index is 0.936. The number of aliphatic carboxylic acids is 1. The van der Waals surface area contributed by atoms with Gasteiger partial charge in [-0.25, -0.2) is 4.79 Å². The first kappa shape index (κ1) is 13.0.